The van der Waals surface area contributed by atoms with Gasteiger partial charge in [0, 0.05) is 5.56 Å². The number of hydrogen-bond donors (Lipinski definition) is 2. The van der Waals surface area contributed by atoms with Crippen molar-refractivity contribution in [3.63, 3.8) is 0 Å². The van der Waals surface area contributed by atoms with E-state index in [0.29, 0.717) is 0 Å². The third-order valence-electron chi connectivity index (χ3n) is 1.55. The van der Waals surface area contributed by atoms with Gasteiger partial charge in [-0.05, 0) is 19.1 Å². The minimum Gasteiger partial charge on any atom is -0.503 e. The van der Waals surface area contributed by atoms with Gasteiger partial charge in [-0.15, -0.1) is 0 Å². The van der Waals surface area contributed by atoms with Crippen molar-refractivity contribution >= 4 is 11.5 Å². The van der Waals surface area contributed by atoms with Gasteiger partial charge in [0.25, 0.3) is 0 Å². The fourth-order valence-corrected chi connectivity index (χ4v) is 0.888. The topological polar surface area (TPSA) is 63.3 Å². The number of rotatable bonds is 1. The molecular formula is C8H8FNO2. The zero-order valence-electron chi connectivity index (χ0n) is 6.47. The molecule has 1 aromatic carbocycles. The number of benzene rings is 1. The molecule has 0 aromatic heterocycles. The summed E-state index contributed by atoms with van der Waals surface area (Å²) >= 11 is 0. The number of aromatic hydroxyl groups is 1. The minimum absolute atomic E-state index is 0.133. The summed E-state index contributed by atoms with van der Waals surface area (Å²) in [5.74, 6) is -1.79. The van der Waals surface area contributed by atoms with Crippen LogP contribution in [0.25, 0.3) is 0 Å². The Balaban J connectivity index is 3.36. The molecule has 1 rings (SSSR count). The van der Waals surface area contributed by atoms with Crippen LogP contribution >= 0.6 is 0 Å². The molecule has 12 heavy (non-hydrogen) atoms. The molecule has 0 radical (unpaired) electrons. The molecule has 0 saturated heterocycles. The van der Waals surface area contributed by atoms with Crippen molar-refractivity contribution in [1.29, 1.82) is 0 Å². The van der Waals surface area contributed by atoms with Crippen molar-refractivity contribution in [1.82, 2.24) is 0 Å². The number of hydrogen-bond acceptors (Lipinski definition) is 3. The molecule has 0 fully saturated rings. The zero-order chi connectivity index (χ0) is 9.30. The van der Waals surface area contributed by atoms with Gasteiger partial charge in [0.1, 0.15) is 0 Å². The first-order valence-corrected chi connectivity index (χ1v) is 3.32. The number of nitrogens with two attached hydrogens (primary N) is 1. The Hall–Kier alpha value is -1.58. The molecule has 0 heterocycles. The molecular weight excluding hydrogens is 161 g/mol. The molecule has 3 nitrogen and oxygen atoms in total. The second kappa shape index (κ2) is 2.81. The van der Waals surface area contributed by atoms with Crippen LogP contribution in [0.4, 0.5) is 10.1 Å². The van der Waals surface area contributed by atoms with Crippen LogP contribution in [0.5, 0.6) is 5.75 Å². The Kier molecular flexibility index (Phi) is 1.99. The number of carbonyl (C=O) groups is 1. The van der Waals surface area contributed by atoms with Crippen LogP contribution in [0.2, 0.25) is 0 Å². The zero-order valence-corrected chi connectivity index (χ0v) is 6.47. The Labute approximate surface area is 68.6 Å². The van der Waals surface area contributed by atoms with Gasteiger partial charge in [-0.25, -0.2) is 4.39 Å². The maximum Gasteiger partial charge on any atom is 0.175 e. The number of anilines is 1. The number of carbonyl (C=O) groups excluding carboxylic acids is 1. The summed E-state index contributed by atoms with van der Waals surface area (Å²) in [6.45, 7) is 1.29. The fourth-order valence-electron chi connectivity index (χ4n) is 0.888. The SMILES string of the molecule is CC(=O)c1ccc(F)c(O)c1N. The van der Waals surface area contributed by atoms with Crippen LogP contribution < -0.4 is 5.73 Å². The van der Waals surface area contributed by atoms with E-state index in [2.05, 4.69) is 0 Å². The summed E-state index contributed by atoms with van der Waals surface area (Å²) in [7, 11) is 0. The van der Waals surface area contributed by atoms with E-state index in [0.717, 1.165) is 6.07 Å². The predicted molar refractivity (Wildman–Crippen MR) is 42.5 cm³/mol. The molecule has 0 atom stereocenters. The van der Waals surface area contributed by atoms with Gasteiger partial charge >= 0.3 is 0 Å². The molecule has 0 aliphatic heterocycles. The molecule has 0 spiro atoms. The summed E-state index contributed by atoms with van der Waals surface area (Å²) in [6.07, 6.45) is 0. The number of nitrogen functional groups attached to an aromatic ring is 1. The summed E-state index contributed by atoms with van der Waals surface area (Å²) < 4.78 is 12.6. The highest BCUT2D eigenvalue weighted by Gasteiger charge is 2.11. The number of halogens is 1. The van der Waals surface area contributed by atoms with Gasteiger partial charge in [0.05, 0.1) is 5.69 Å². The predicted octanol–water partition coefficient (Wildman–Crippen LogP) is 1.32. The number of ketones is 1. The highest BCUT2D eigenvalue weighted by Crippen LogP contribution is 2.27. The van der Waals surface area contributed by atoms with E-state index in [9.17, 15) is 9.18 Å². The smallest absolute Gasteiger partial charge is 0.175 e. The molecule has 64 valence electrons. The fraction of sp³-hybridized carbons (Fsp3) is 0.125. The van der Waals surface area contributed by atoms with Crippen LogP contribution in [0.3, 0.4) is 0 Å². The molecule has 0 unspecified atom stereocenters. The molecule has 0 bridgehead atoms. The van der Waals surface area contributed by atoms with Gasteiger partial charge < -0.3 is 10.8 Å². The highest BCUT2D eigenvalue weighted by molar-refractivity contribution is 6.00. The van der Waals surface area contributed by atoms with E-state index in [1.54, 1.807) is 0 Å². The van der Waals surface area contributed by atoms with E-state index in [1.165, 1.54) is 13.0 Å². The van der Waals surface area contributed by atoms with Crippen molar-refractivity contribution in [2.45, 2.75) is 6.92 Å². The summed E-state index contributed by atoms with van der Waals surface area (Å²) in [5.41, 5.74) is 5.20. The van der Waals surface area contributed by atoms with Crippen molar-refractivity contribution < 1.29 is 14.3 Å². The van der Waals surface area contributed by atoms with Crippen LogP contribution in [0.1, 0.15) is 17.3 Å². The summed E-state index contributed by atoms with van der Waals surface area (Å²) in [4.78, 5) is 10.8. The minimum atomic E-state index is -0.822. The average Bonchev–Trinajstić information content (AvgIpc) is 2.00. The molecule has 0 amide bonds. The van der Waals surface area contributed by atoms with E-state index in [1.807, 2.05) is 0 Å². The molecule has 3 N–H and O–H groups in total. The van der Waals surface area contributed by atoms with Gasteiger partial charge in [-0.1, -0.05) is 0 Å². The number of Topliss-reactive ketones (excluding diaryl/α,β-unsaturated/α-hetero) is 1. The van der Waals surface area contributed by atoms with E-state index < -0.39 is 11.6 Å². The molecule has 0 aliphatic rings. The maximum absolute atomic E-state index is 12.6. The first-order valence-electron chi connectivity index (χ1n) is 3.32. The van der Waals surface area contributed by atoms with Crippen LogP contribution in [-0.4, -0.2) is 10.9 Å². The molecule has 0 aliphatic carbocycles. The van der Waals surface area contributed by atoms with Gasteiger partial charge in [0.2, 0.25) is 0 Å². The van der Waals surface area contributed by atoms with Gasteiger partial charge in [0.15, 0.2) is 17.3 Å². The Bertz CT molecular complexity index is 336. The summed E-state index contributed by atoms with van der Waals surface area (Å²) in [5, 5.41) is 8.98. The second-order valence-corrected chi connectivity index (χ2v) is 2.41. The Morgan fingerprint density at radius 2 is 2.17 bits per heavy atom. The van der Waals surface area contributed by atoms with Crippen molar-refractivity contribution in [2.75, 3.05) is 5.73 Å². The summed E-state index contributed by atoms with van der Waals surface area (Å²) in [6, 6.07) is 2.25. The van der Waals surface area contributed by atoms with Crippen LogP contribution in [0, 0.1) is 5.82 Å². The average molecular weight is 169 g/mol. The van der Waals surface area contributed by atoms with Crippen molar-refractivity contribution in [3.8, 4) is 5.75 Å². The third-order valence-corrected chi connectivity index (χ3v) is 1.55. The second-order valence-electron chi connectivity index (χ2n) is 2.41. The van der Waals surface area contributed by atoms with Gasteiger partial charge in [-0.3, -0.25) is 4.79 Å². The first-order chi connectivity index (χ1) is 5.54. The lowest BCUT2D eigenvalue weighted by molar-refractivity contribution is 0.101. The maximum atomic E-state index is 12.6. The lowest BCUT2D eigenvalue weighted by Crippen LogP contribution is -2.00. The largest absolute Gasteiger partial charge is 0.503 e. The molecule has 0 saturated carbocycles. The lowest BCUT2D eigenvalue weighted by Gasteiger charge is -2.03. The van der Waals surface area contributed by atoms with Gasteiger partial charge in [-0.2, -0.15) is 0 Å². The van der Waals surface area contributed by atoms with E-state index >= 15 is 0 Å². The highest BCUT2D eigenvalue weighted by atomic mass is 19.1. The van der Waals surface area contributed by atoms with Crippen molar-refractivity contribution in [3.05, 3.63) is 23.5 Å². The quantitative estimate of drug-likeness (QED) is 0.378. The van der Waals surface area contributed by atoms with Crippen LogP contribution in [-0.2, 0) is 0 Å². The van der Waals surface area contributed by atoms with Crippen LogP contribution in [0.15, 0.2) is 12.1 Å². The third kappa shape index (κ3) is 1.23. The lowest BCUT2D eigenvalue weighted by atomic mass is 10.1. The Morgan fingerprint density at radius 3 is 2.67 bits per heavy atom. The van der Waals surface area contributed by atoms with E-state index in [4.69, 9.17) is 10.8 Å². The van der Waals surface area contributed by atoms with Crippen molar-refractivity contribution in [2.24, 2.45) is 0 Å². The molecule has 1 aromatic rings. The normalized spacial score (nSPS) is 9.83. The number of phenols is 1. The first kappa shape index (κ1) is 8.52. The molecule has 4 heteroatoms. The monoisotopic (exact) mass is 169 g/mol. The van der Waals surface area contributed by atoms with E-state index in [-0.39, 0.29) is 17.0 Å². The number of phenolic OH excluding ortho intramolecular Hbond substituents is 1. The Morgan fingerprint density at radius 1 is 1.58 bits per heavy atom. The standard InChI is InChI=1S/C8H8FNO2/c1-4(11)5-2-3-6(9)8(12)7(5)10/h2-3,12H,10H2,1H3.